The molecule has 0 aromatic rings. The molecule has 0 saturated carbocycles. The van der Waals surface area contributed by atoms with Gasteiger partial charge in [0.1, 0.15) is 0 Å². The van der Waals surface area contributed by atoms with Crippen molar-refractivity contribution in [2.24, 2.45) is 11.7 Å². The molecule has 1 unspecified atom stereocenters. The Kier molecular flexibility index (Phi) is 4.54. The third-order valence-electron chi connectivity index (χ3n) is 3.05. The van der Waals surface area contributed by atoms with Crippen LogP contribution in [0.2, 0.25) is 0 Å². The molecule has 88 valence electrons. The summed E-state index contributed by atoms with van der Waals surface area (Å²) in [5.74, 6) is 0.699. The van der Waals surface area contributed by atoms with Crippen LogP contribution < -0.4 is 5.73 Å². The van der Waals surface area contributed by atoms with E-state index in [-0.39, 0.29) is 11.9 Å². The fraction of sp³-hybridized carbons (Fsp3) is 0.909. The van der Waals surface area contributed by atoms with Crippen molar-refractivity contribution in [3.05, 3.63) is 0 Å². The van der Waals surface area contributed by atoms with Gasteiger partial charge in [-0.2, -0.15) is 0 Å². The predicted octanol–water partition coefficient (Wildman–Crippen LogP) is 0.134. The number of carbonyl (C=O) groups excluding carboxylic acids is 1. The predicted molar refractivity (Wildman–Crippen MR) is 61.5 cm³/mol. The van der Waals surface area contributed by atoms with Crippen LogP contribution in [-0.4, -0.2) is 55.0 Å². The van der Waals surface area contributed by atoms with Gasteiger partial charge in [0, 0.05) is 19.6 Å². The molecule has 0 aliphatic carbocycles. The molecule has 0 bridgehead atoms. The number of nitrogens with two attached hydrogens (primary N) is 1. The van der Waals surface area contributed by atoms with E-state index in [0.29, 0.717) is 5.92 Å². The molecule has 4 heteroatoms. The van der Waals surface area contributed by atoms with Crippen LogP contribution >= 0.6 is 0 Å². The van der Waals surface area contributed by atoms with Crippen molar-refractivity contribution in [2.45, 2.75) is 26.3 Å². The molecule has 15 heavy (non-hydrogen) atoms. The Morgan fingerprint density at radius 3 is 2.73 bits per heavy atom. The van der Waals surface area contributed by atoms with Crippen molar-refractivity contribution in [3.8, 4) is 0 Å². The summed E-state index contributed by atoms with van der Waals surface area (Å²) in [7, 11) is 2.13. The number of carbonyl (C=O) groups is 1. The van der Waals surface area contributed by atoms with E-state index >= 15 is 0 Å². The average molecular weight is 213 g/mol. The highest BCUT2D eigenvalue weighted by molar-refractivity contribution is 5.81. The maximum Gasteiger partial charge on any atom is 0.239 e. The van der Waals surface area contributed by atoms with Crippen LogP contribution in [0.25, 0.3) is 0 Å². The molecule has 2 atom stereocenters. The number of nitrogens with zero attached hydrogens (tertiary/aromatic N) is 2. The van der Waals surface area contributed by atoms with Crippen LogP contribution in [0.1, 0.15) is 20.3 Å². The van der Waals surface area contributed by atoms with Crippen molar-refractivity contribution >= 4 is 5.91 Å². The molecule has 1 saturated heterocycles. The third kappa shape index (κ3) is 3.47. The summed E-state index contributed by atoms with van der Waals surface area (Å²) in [5, 5.41) is 0. The second-order valence-corrected chi connectivity index (χ2v) is 4.58. The minimum absolute atomic E-state index is 0.0760. The van der Waals surface area contributed by atoms with Gasteiger partial charge in [-0.15, -0.1) is 0 Å². The molecule has 0 radical (unpaired) electrons. The van der Waals surface area contributed by atoms with Crippen molar-refractivity contribution in [2.75, 3.05) is 33.2 Å². The third-order valence-corrected chi connectivity index (χ3v) is 3.05. The largest absolute Gasteiger partial charge is 0.341 e. The lowest BCUT2D eigenvalue weighted by Crippen LogP contribution is -2.44. The Bertz CT molecular complexity index is 218. The van der Waals surface area contributed by atoms with Crippen LogP contribution in [0.4, 0.5) is 0 Å². The van der Waals surface area contributed by atoms with Crippen LogP contribution in [0.5, 0.6) is 0 Å². The van der Waals surface area contributed by atoms with Crippen LogP contribution in [0.3, 0.4) is 0 Å². The minimum atomic E-state index is -0.371. The second-order valence-electron chi connectivity index (χ2n) is 4.58. The second kappa shape index (κ2) is 5.47. The quantitative estimate of drug-likeness (QED) is 0.722. The molecule has 1 heterocycles. The molecule has 1 aliphatic heterocycles. The van der Waals surface area contributed by atoms with Gasteiger partial charge in [0.15, 0.2) is 0 Å². The SMILES string of the molecule is CCN(CC1CCN(C)C1)C(=O)[C@H](C)N. The van der Waals surface area contributed by atoms with E-state index in [2.05, 4.69) is 11.9 Å². The summed E-state index contributed by atoms with van der Waals surface area (Å²) in [5.41, 5.74) is 5.61. The Hall–Kier alpha value is -0.610. The topological polar surface area (TPSA) is 49.6 Å². The standard InChI is InChI=1S/C11H23N3O/c1-4-14(11(15)9(2)12)8-10-5-6-13(3)7-10/h9-10H,4-8,12H2,1-3H3/t9-,10?/m0/s1. The summed E-state index contributed by atoms with van der Waals surface area (Å²) in [6, 6.07) is -0.371. The van der Waals surface area contributed by atoms with Crippen molar-refractivity contribution in [3.63, 3.8) is 0 Å². The number of likely N-dealkylation sites (N-methyl/N-ethyl adjacent to an activating group) is 1. The average Bonchev–Trinajstić information content (AvgIpc) is 2.59. The highest BCUT2D eigenvalue weighted by Gasteiger charge is 2.24. The van der Waals surface area contributed by atoms with Gasteiger partial charge >= 0.3 is 0 Å². The molecule has 1 fully saturated rings. The maximum absolute atomic E-state index is 11.7. The first-order valence-corrected chi connectivity index (χ1v) is 5.77. The number of hydrogen-bond donors (Lipinski definition) is 1. The van der Waals surface area contributed by atoms with E-state index in [1.165, 1.54) is 6.42 Å². The lowest BCUT2D eigenvalue weighted by Gasteiger charge is -2.25. The number of likely N-dealkylation sites (tertiary alicyclic amines) is 1. The Morgan fingerprint density at radius 2 is 2.33 bits per heavy atom. The zero-order valence-corrected chi connectivity index (χ0v) is 10.1. The van der Waals surface area contributed by atoms with Gasteiger partial charge in [-0.25, -0.2) is 0 Å². The van der Waals surface area contributed by atoms with E-state index in [0.717, 1.165) is 26.2 Å². The van der Waals surface area contributed by atoms with Gasteiger partial charge in [0.2, 0.25) is 5.91 Å². The molecule has 0 aromatic carbocycles. The first-order valence-electron chi connectivity index (χ1n) is 5.77. The number of hydrogen-bond acceptors (Lipinski definition) is 3. The van der Waals surface area contributed by atoms with Gasteiger partial charge in [-0.05, 0) is 39.8 Å². The van der Waals surface area contributed by atoms with Gasteiger partial charge < -0.3 is 15.5 Å². The van der Waals surface area contributed by atoms with Crippen LogP contribution in [0.15, 0.2) is 0 Å². The lowest BCUT2D eigenvalue weighted by atomic mass is 10.1. The Morgan fingerprint density at radius 1 is 1.67 bits per heavy atom. The molecule has 0 spiro atoms. The van der Waals surface area contributed by atoms with E-state index < -0.39 is 0 Å². The van der Waals surface area contributed by atoms with Crippen molar-refractivity contribution in [1.29, 1.82) is 0 Å². The smallest absolute Gasteiger partial charge is 0.239 e. The molecular formula is C11H23N3O. The molecular weight excluding hydrogens is 190 g/mol. The first-order chi connectivity index (χ1) is 7.04. The molecule has 1 aliphatic rings. The van der Waals surface area contributed by atoms with Crippen LogP contribution in [-0.2, 0) is 4.79 Å². The van der Waals surface area contributed by atoms with Gasteiger partial charge in [0.25, 0.3) is 0 Å². The monoisotopic (exact) mass is 213 g/mol. The van der Waals surface area contributed by atoms with E-state index in [4.69, 9.17) is 5.73 Å². The summed E-state index contributed by atoms with van der Waals surface area (Å²) in [4.78, 5) is 15.9. The Balaban J connectivity index is 2.43. The van der Waals surface area contributed by atoms with E-state index in [9.17, 15) is 4.79 Å². The van der Waals surface area contributed by atoms with Crippen molar-refractivity contribution < 1.29 is 4.79 Å². The lowest BCUT2D eigenvalue weighted by molar-refractivity contribution is -0.132. The fourth-order valence-corrected chi connectivity index (χ4v) is 2.15. The van der Waals surface area contributed by atoms with E-state index in [1.807, 2.05) is 11.8 Å². The first kappa shape index (κ1) is 12.5. The number of amides is 1. The van der Waals surface area contributed by atoms with Gasteiger partial charge in [-0.1, -0.05) is 0 Å². The normalized spacial score (nSPS) is 24.1. The highest BCUT2D eigenvalue weighted by Crippen LogP contribution is 2.15. The van der Waals surface area contributed by atoms with Gasteiger partial charge in [0.05, 0.1) is 6.04 Å². The summed E-state index contributed by atoms with van der Waals surface area (Å²) in [6.07, 6.45) is 1.19. The molecule has 2 N–H and O–H groups in total. The summed E-state index contributed by atoms with van der Waals surface area (Å²) < 4.78 is 0. The summed E-state index contributed by atoms with van der Waals surface area (Å²) >= 11 is 0. The molecule has 1 amide bonds. The molecule has 1 rings (SSSR count). The zero-order chi connectivity index (χ0) is 11.4. The highest BCUT2D eigenvalue weighted by atomic mass is 16.2. The minimum Gasteiger partial charge on any atom is -0.341 e. The Labute approximate surface area is 92.4 Å². The van der Waals surface area contributed by atoms with Crippen LogP contribution in [0, 0.1) is 5.92 Å². The number of rotatable bonds is 4. The fourth-order valence-electron chi connectivity index (χ4n) is 2.15. The maximum atomic E-state index is 11.7. The van der Waals surface area contributed by atoms with Crippen molar-refractivity contribution in [1.82, 2.24) is 9.80 Å². The molecule has 4 nitrogen and oxygen atoms in total. The van der Waals surface area contributed by atoms with Gasteiger partial charge in [-0.3, -0.25) is 4.79 Å². The van der Waals surface area contributed by atoms with E-state index in [1.54, 1.807) is 6.92 Å². The zero-order valence-electron chi connectivity index (χ0n) is 10.1. The summed E-state index contributed by atoms with van der Waals surface area (Å²) in [6.45, 7) is 7.64. The molecule has 0 aromatic heterocycles.